The molecule has 2 aromatic rings. The van der Waals surface area contributed by atoms with Gasteiger partial charge in [-0.25, -0.2) is 4.39 Å². The van der Waals surface area contributed by atoms with Crippen molar-refractivity contribution in [2.45, 2.75) is 6.92 Å². The molecule has 0 spiro atoms. The number of amides is 2. The molecule has 0 aliphatic carbocycles. The second-order valence-electron chi connectivity index (χ2n) is 5.08. The van der Waals surface area contributed by atoms with Crippen LogP contribution in [-0.2, 0) is 0 Å². The Hall–Kier alpha value is -2.11. The van der Waals surface area contributed by atoms with Crippen LogP contribution in [-0.4, -0.2) is 24.9 Å². The van der Waals surface area contributed by atoms with Crippen LogP contribution < -0.4 is 10.6 Å². The van der Waals surface area contributed by atoms with Gasteiger partial charge in [-0.2, -0.15) is 0 Å². The lowest BCUT2D eigenvalue weighted by Gasteiger charge is -2.09. The van der Waals surface area contributed by atoms with E-state index in [2.05, 4.69) is 10.6 Å². The summed E-state index contributed by atoms with van der Waals surface area (Å²) in [7, 11) is 0. The molecule has 0 aliphatic heterocycles. The number of benzene rings is 2. The Kier molecular flexibility index (Phi) is 6.17. The lowest BCUT2D eigenvalue weighted by Crippen LogP contribution is -2.34. The highest BCUT2D eigenvalue weighted by Gasteiger charge is 2.12. The fourth-order valence-electron chi connectivity index (χ4n) is 1.96. The summed E-state index contributed by atoms with van der Waals surface area (Å²) in [5, 5.41) is 5.69. The fourth-order valence-corrected chi connectivity index (χ4v) is 2.35. The Bertz CT molecular complexity index is 781. The number of hydrogen-bond donors (Lipinski definition) is 2. The van der Waals surface area contributed by atoms with Crippen molar-refractivity contribution in [3.05, 3.63) is 69.0 Å². The number of hydrogen-bond acceptors (Lipinski definition) is 2. The van der Waals surface area contributed by atoms with E-state index in [1.54, 1.807) is 25.1 Å². The van der Waals surface area contributed by atoms with Gasteiger partial charge in [0.05, 0.1) is 15.6 Å². The quantitative estimate of drug-likeness (QED) is 0.792. The number of nitrogens with one attached hydrogen (secondary N) is 2. The van der Waals surface area contributed by atoms with Crippen LogP contribution in [0.5, 0.6) is 0 Å². The van der Waals surface area contributed by atoms with Crippen molar-refractivity contribution >= 4 is 35.0 Å². The van der Waals surface area contributed by atoms with Crippen molar-refractivity contribution in [1.82, 2.24) is 10.6 Å². The van der Waals surface area contributed by atoms with Crippen molar-refractivity contribution in [2.75, 3.05) is 13.1 Å². The van der Waals surface area contributed by atoms with Gasteiger partial charge in [-0.3, -0.25) is 9.59 Å². The van der Waals surface area contributed by atoms with Gasteiger partial charge in [0.1, 0.15) is 5.82 Å². The summed E-state index contributed by atoms with van der Waals surface area (Å²) in [6.45, 7) is 2.01. The molecule has 0 radical (unpaired) electrons. The minimum Gasteiger partial charge on any atom is -0.350 e. The van der Waals surface area contributed by atoms with Gasteiger partial charge < -0.3 is 10.6 Å². The van der Waals surface area contributed by atoms with E-state index in [0.717, 1.165) is 0 Å². The highest BCUT2D eigenvalue weighted by molar-refractivity contribution is 6.43. The third-order valence-corrected chi connectivity index (χ3v) is 4.15. The zero-order valence-electron chi connectivity index (χ0n) is 12.8. The van der Waals surface area contributed by atoms with Crippen LogP contribution in [0.3, 0.4) is 0 Å². The van der Waals surface area contributed by atoms with Gasteiger partial charge in [-0.05, 0) is 36.8 Å². The average Bonchev–Trinajstić information content (AvgIpc) is 2.56. The predicted molar refractivity (Wildman–Crippen MR) is 92.3 cm³/mol. The molecule has 2 N–H and O–H groups in total. The molecule has 0 aliphatic rings. The molecule has 2 amide bonds. The highest BCUT2D eigenvalue weighted by atomic mass is 35.5. The molecular formula is C17H15Cl2FN2O2. The SMILES string of the molecule is Cc1ccc(C(=O)NCCNC(=O)c2cccc(Cl)c2Cl)cc1F. The first-order valence-corrected chi connectivity index (χ1v) is 7.92. The van der Waals surface area contributed by atoms with Crippen LogP contribution in [0.2, 0.25) is 10.0 Å². The second kappa shape index (κ2) is 8.13. The van der Waals surface area contributed by atoms with Crippen molar-refractivity contribution in [2.24, 2.45) is 0 Å². The van der Waals surface area contributed by atoms with Gasteiger partial charge in [0, 0.05) is 18.7 Å². The molecular weight excluding hydrogens is 354 g/mol. The molecule has 0 unspecified atom stereocenters. The van der Waals surface area contributed by atoms with E-state index in [4.69, 9.17) is 23.2 Å². The smallest absolute Gasteiger partial charge is 0.252 e. The Balaban J connectivity index is 1.84. The van der Waals surface area contributed by atoms with Crippen molar-refractivity contribution in [3.63, 3.8) is 0 Å². The summed E-state index contributed by atoms with van der Waals surface area (Å²) >= 11 is 11.8. The maximum atomic E-state index is 13.4. The van der Waals surface area contributed by atoms with Crippen molar-refractivity contribution in [3.8, 4) is 0 Å². The van der Waals surface area contributed by atoms with E-state index >= 15 is 0 Å². The van der Waals surface area contributed by atoms with Crippen LogP contribution in [0.4, 0.5) is 4.39 Å². The third kappa shape index (κ3) is 4.46. The zero-order valence-corrected chi connectivity index (χ0v) is 14.3. The number of carbonyl (C=O) groups excluding carboxylic acids is 2. The Morgan fingerprint density at radius 2 is 1.71 bits per heavy atom. The van der Waals surface area contributed by atoms with E-state index in [-0.39, 0.29) is 29.2 Å². The monoisotopic (exact) mass is 368 g/mol. The largest absolute Gasteiger partial charge is 0.350 e. The van der Waals surface area contributed by atoms with Gasteiger partial charge in [0.25, 0.3) is 11.8 Å². The van der Waals surface area contributed by atoms with E-state index in [1.165, 1.54) is 18.2 Å². The van der Waals surface area contributed by atoms with E-state index < -0.39 is 17.6 Å². The minimum atomic E-state index is -0.438. The average molecular weight is 369 g/mol. The molecule has 0 atom stereocenters. The lowest BCUT2D eigenvalue weighted by molar-refractivity contribution is 0.0927. The maximum absolute atomic E-state index is 13.4. The Morgan fingerprint density at radius 3 is 2.38 bits per heavy atom. The molecule has 4 nitrogen and oxygen atoms in total. The first kappa shape index (κ1) is 18.2. The predicted octanol–water partition coefficient (Wildman–Crippen LogP) is 3.60. The number of aryl methyl sites for hydroxylation is 1. The fraction of sp³-hybridized carbons (Fsp3) is 0.176. The van der Waals surface area contributed by atoms with Crippen LogP contribution in [0.1, 0.15) is 26.3 Å². The molecule has 126 valence electrons. The summed E-state index contributed by atoms with van der Waals surface area (Å²) in [6, 6.07) is 9.01. The molecule has 24 heavy (non-hydrogen) atoms. The van der Waals surface area contributed by atoms with Gasteiger partial charge in [-0.15, -0.1) is 0 Å². The normalized spacial score (nSPS) is 10.3. The standard InChI is InChI=1S/C17H15Cl2FN2O2/c1-10-5-6-11(9-14(10)20)16(23)21-7-8-22-17(24)12-3-2-4-13(18)15(12)19/h2-6,9H,7-8H2,1H3,(H,21,23)(H,22,24). The molecule has 2 rings (SSSR count). The van der Waals surface area contributed by atoms with Crippen LogP contribution in [0.25, 0.3) is 0 Å². The second-order valence-corrected chi connectivity index (χ2v) is 5.86. The molecule has 2 aromatic carbocycles. The molecule has 0 fully saturated rings. The van der Waals surface area contributed by atoms with Crippen LogP contribution >= 0.6 is 23.2 Å². The highest BCUT2D eigenvalue weighted by Crippen LogP contribution is 2.25. The maximum Gasteiger partial charge on any atom is 0.252 e. The molecule has 0 heterocycles. The Morgan fingerprint density at radius 1 is 1.04 bits per heavy atom. The number of halogens is 3. The Labute approximate surface area is 149 Å². The zero-order chi connectivity index (χ0) is 17.7. The van der Waals surface area contributed by atoms with E-state index in [0.29, 0.717) is 10.6 Å². The summed E-state index contributed by atoms with van der Waals surface area (Å²) < 4.78 is 13.4. The molecule has 0 bridgehead atoms. The van der Waals surface area contributed by atoms with E-state index in [1.807, 2.05) is 0 Å². The van der Waals surface area contributed by atoms with E-state index in [9.17, 15) is 14.0 Å². The molecule has 0 aromatic heterocycles. The van der Waals surface area contributed by atoms with Gasteiger partial charge >= 0.3 is 0 Å². The lowest BCUT2D eigenvalue weighted by atomic mass is 10.1. The molecule has 0 saturated heterocycles. The minimum absolute atomic E-state index is 0.177. The summed E-state index contributed by atoms with van der Waals surface area (Å²) in [6.07, 6.45) is 0. The number of carbonyl (C=O) groups is 2. The first-order chi connectivity index (χ1) is 11.4. The van der Waals surface area contributed by atoms with Crippen LogP contribution in [0, 0.1) is 12.7 Å². The summed E-state index contributed by atoms with van der Waals surface area (Å²) in [5.41, 5.74) is 0.954. The van der Waals surface area contributed by atoms with Gasteiger partial charge in [-0.1, -0.05) is 35.3 Å². The topological polar surface area (TPSA) is 58.2 Å². The van der Waals surface area contributed by atoms with Crippen LogP contribution in [0.15, 0.2) is 36.4 Å². The molecule has 7 heteroatoms. The van der Waals surface area contributed by atoms with Crippen molar-refractivity contribution in [1.29, 1.82) is 0 Å². The summed E-state index contributed by atoms with van der Waals surface area (Å²) in [5.74, 6) is -1.24. The first-order valence-electron chi connectivity index (χ1n) is 7.16. The number of rotatable bonds is 5. The van der Waals surface area contributed by atoms with Crippen molar-refractivity contribution < 1.29 is 14.0 Å². The molecule has 0 saturated carbocycles. The summed E-state index contributed by atoms with van der Waals surface area (Å²) in [4.78, 5) is 23.9. The van der Waals surface area contributed by atoms with Gasteiger partial charge in [0.2, 0.25) is 0 Å². The van der Waals surface area contributed by atoms with Gasteiger partial charge in [0.15, 0.2) is 0 Å². The third-order valence-electron chi connectivity index (χ3n) is 3.33.